The van der Waals surface area contributed by atoms with Crippen LogP contribution in [-0.4, -0.2) is 48.2 Å². The second-order valence-corrected chi connectivity index (χ2v) is 9.55. The molecule has 4 rings (SSSR count). The number of hydrogen-bond acceptors (Lipinski definition) is 6. The minimum absolute atomic E-state index is 0.0852. The number of benzene rings is 1. The molecule has 2 aromatic rings. The molecule has 10 heteroatoms. The maximum atomic E-state index is 14.0. The summed E-state index contributed by atoms with van der Waals surface area (Å²) in [6.45, 7) is 4.49. The first-order valence-electron chi connectivity index (χ1n) is 11.0. The number of carbonyl (C=O) groups excluding carboxylic acids is 1. The van der Waals surface area contributed by atoms with Gasteiger partial charge in [0, 0.05) is 48.2 Å². The first-order valence-corrected chi connectivity index (χ1v) is 11.7. The van der Waals surface area contributed by atoms with E-state index < -0.39 is 11.9 Å². The maximum Gasteiger partial charge on any atom is 0.231 e. The fourth-order valence-electron chi connectivity index (χ4n) is 4.43. The highest BCUT2D eigenvalue weighted by molar-refractivity contribution is 6.36. The number of likely N-dealkylation sites (tertiary alicyclic amines) is 1. The van der Waals surface area contributed by atoms with Gasteiger partial charge in [0.1, 0.15) is 11.9 Å². The summed E-state index contributed by atoms with van der Waals surface area (Å²) in [6.07, 6.45) is 6.00. The third-order valence-electron chi connectivity index (χ3n) is 6.04. The molecule has 2 aliphatic heterocycles. The molecule has 7 nitrogen and oxygen atoms in total. The lowest BCUT2D eigenvalue weighted by Gasteiger charge is -2.39. The molecule has 1 saturated heterocycles. The number of hydrogen-bond donors (Lipinski definition) is 2. The van der Waals surface area contributed by atoms with Crippen molar-refractivity contribution in [1.29, 1.82) is 0 Å². The van der Waals surface area contributed by atoms with Crippen LogP contribution in [0.4, 0.5) is 10.2 Å². The number of carbonyl (C=O) groups is 1. The summed E-state index contributed by atoms with van der Waals surface area (Å²) in [4.78, 5) is 21.9. The summed E-state index contributed by atoms with van der Waals surface area (Å²) in [6, 6.07) is 4.44. The number of pyridine rings is 1. The van der Waals surface area contributed by atoms with Gasteiger partial charge in [0.15, 0.2) is 11.6 Å². The van der Waals surface area contributed by atoms with Crippen LogP contribution in [0, 0.1) is 17.7 Å². The Kier molecular flexibility index (Phi) is 7.40. The van der Waals surface area contributed by atoms with Gasteiger partial charge in [-0.1, -0.05) is 29.3 Å². The Bertz CT molecular complexity index is 1150. The number of halogens is 3. The second-order valence-electron chi connectivity index (χ2n) is 8.76. The molecule has 34 heavy (non-hydrogen) atoms. The van der Waals surface area contributed by atoms with Gasteiger partial charge in [-0.15, -0.1) is 0 Å². The summed E-state index contributed by atoms with van der Waals surface area (Å²) >= 11 is 12.4. The molecule has 4 N–H and O–H groups in total. The molecular formula is C24H26Cl2FN5O2. The van der Waals surface area contributed by atoms with Crippen LogP contribution in [0.3, 0.4) is 0 Å². The third-order valence-corrected chi connectivity index (χ3v) is 6.75. The van der Waals surface area contributed by atoms with E-state index in [1.807, 2.05) is 6.21 Å². The maximum absolute atomic E-state index is 14.0. The Hall–Kier alpha value is -2.68. The number of aromatic nitrogens is 1. The van der Waals surface area contributed by atoms with E-state index in [-0.39, 0.29) is 22.7 Å². The summed E-state index contributed by atoms with van der Waals surface area (Å²) in [5.41, 5.74) is 13.4. The average molecular weight is 506 g/mol. The highest BCUT2D eigenvalue weighted by Crippen LogP contribution is 2.37. The number of aliphatic imine (C=N–C) groups is 1. The average Bonchev–Trinajstić information content (AvgIpc) is 2.76. The molecule has 2 aliphatic rings. The number of allylic oxidation sites excluding steroid dienone is 1. The SMILES string of the molecule is CC(Oc1cc(C2=CC(CC3CN(CC(N)=O)C3)CN=C2)cnc1N)c1c(Cl)ccc(F)c1Cl. The van der Waals surface area contributed by atoms with Crippen molar-refractivity contribution in [2.75, 3.05) is 31.9 Å². The first-order chi connectivity index (χ1) is 16.2. The van der Waals surface area contributed by atoms with Gasteiger partial charge in [-0.25, -0.2) is 9.37 Å². The number of rotatable bonds is 8. The molecule has 1 aromatic heterocycles. The van der Waals surface area contributed by atoms with Crippen molar-refractivity contribution >= 4 is 46.7 Å². The van der Waals surface area contributed by atoms with Crippen molar-refractivity contribution in [3.8, 4) is 5.75 Å². The molecule has 180 valence electrons. The molecule has 0 bridgehead atoms. The Morgan fingerprint density at radius 1 is 1.35 bits per heavy atom. The van der Waals surface area contributed by atoms with Crippen molar-refractivity contribution < 1.29 is 13.9 Å². The number of ether oxygens (including phenoxy) is 1. The fourth-order valence-corrected chi connectivity index (χ4v) is 5.10. The van der Waals surface area contributed by atoms with Crippen LogP contribution < -0.4 is 16.2 Å². The number of primary amides is 1. The number of dihydropyridines is 1. The van der Waals surface area contributed by atoms with E-state index in [0.717, 1.165) is 37.2 Å². The van der Waals surface area contributed by atoms with Gasteiger partial charge in [-0.2, -0.15) is 0 Å². The van der Waals surface area contributed by atoms with E-state index in [1.54, 1.807) is 19.2 Å². The Morgan fingerprint density at radius 2 is 2.12 bits per heavy atom. The zero-order valence-electron chi connectivity index (χ0n) is 18.7. The van der Waals surface area contributed by atoms with E-state index in [0.29, 0.717) is 28.8 Å². The Labute approximate surface area is 207 Å². The van der Waals surface area contributed by atoms with E-state index in [2.05, 4.69) is 21.0 Å². The van der Waals surface area contributed by atoms with Crippen molar-refractivity contribution in [2.45, 2.75) is 19.4 Å². The van der Waals surface area contributed by atoms with Crippen molar-refractivity contribution in [2.24, 2.45) is 22.6 Å². The zero-order valence-corrected chi connectivity index (χ0v) is 20.2. The lowest BCUT2D eigenvalue weighted by atomic mass is 9.86. The van der Waals surface area contributed by atoms with Gasteiger partial charge in [-0.05, 0) is 49.0 Å². The summed E-state index contributed by atoms with van der Waals surface area (Å²) in [7, 11) is 0. The van der Waals surface area contributed by atoms with Crippen molar-refractivity contribution in [3.05, 3.63) is 57.5 Å². The van der Waals surface area contributed by atoms with Crippen LogP contribution in [0.1, 0.15) is 30.6 Å². The quantitative estimate of drug-likeness (QED) is 0.524. The third kappa shape index (κ3) is 5.51. The Morgan fingerprint density at radius 3 is 2.85 bits per heavy atom. The summed E-state index contributed by atoms with van der Waals surface area (Å²) < 4.78 is 20.0. The standard InChI is InChI=1S/C24H26Cl2FN5O2/c1-13(22-18(25)2-3-19(27)23(22)26)34-20-6-17(9-31-24(20)29)16-5-14(7-30-8-16)4-15-10-32(11-15)12-21(28)33/h2-3,5-6,8-9,13-15H,4,7,10-12H2,1H3,(H2,28,33)(H2,29,31). The van der Waals surface area contributed by atoms with Crippen LogP contribution in [-0.2, 0) is 4.79 Å². The minimum Gasteiger partial charge on any atom is -0.482 e. The first kappa shape index (κ1) is 24.4. The topological polar surface area (TPSA) is 107 Å². The predicted molar refractivity (Wildman–Crippen MR) is 133 cm³/mol. The number of nitrogens with two attached hydrogens (primary N) is 2. The van der Waals surface area contributed by atoms with Crippen molar-refractivity contribution in [1.82, 2.24) is 9.88 Å². The zero-order chi connectivity index (χ0) is 24.4. The van der Waals surface area contributed by atoms with Gasteiger partial charge in [0.2, 0.25) is 5.91 Å². The second kappa shape index (κ2) is 10.3. The van der Waals surface area contributed by atoms with Gasteiger partial charge in [-0.3, -0.25) is 14.7 Å². The molecule has 0 radical (unpaired) electrons. The molecule has 1 amide bonds. The number of anilines is 1. The minimum atomic E-state index is -0.654. The lowest BCUT2D eigenvalue weighted by Crippen LogP contribution is -2.50. The summed E-state index contributed by atoms with van der Waals surface area (Å²) in [5, 5.41) is 0.218. The van der Waals surface area contributed by atoms with E-state index in [4.69, 9.17) is 39.4 Å². The molecule has 0 aliphatic carbocycles. The highest BCUT2D eigenvalue weighted by atomic mass is 35.5. The molecule has 0 spiro atoms. The summed E-state index contributed by atoms with van der Waals surface area (Å²) in [5.74, 6) is 0.474. The van der Waals surface area contributed by atoms with Crippen LogP contribution in [0.5, 0.6) is 5.75 Å². The van der Waals surface area contributed by atoms with E-state index >= 15 is 0 Å². The largest absolute Gasteiger partial charge is 0.482 e. The number of nitrogens with zero attached hydrogens (tertiary/aromatic N) is 3. The predicted octanol–water partition coefficient (Wildman–Crippen LogP) is 4.14. The van der Waals surface area contributed by atoms with Crippen LogP contribution in [0.15, 0.2) is 35.5 Å². The molecule has 3 heterocycles. The van der Waals surface area contributed by atoms with Crippen molar-refractivity contribution in [3.63, 3.8) is 0 Å². The van der Waals surface area contributed by atoms with Gasteiger partial charge < -0.3 is 16.2 Å². The lowest BCUT2D eigenvalue weighted by molar-refractivity contribution is -0.120. The van der Waals surface area contributed by atoms with Gasteiger partial charge >= 0.3 is 0 Å². The fraction of sp³-hybridized carbons (Fsp3) is 0.375. The molecule has 2 atom stereocenters. The molecule has 1 fully saturated rings. The highest BCUT2D eigenvalue weighted by Gasteiger charge is 2.30. The van der Waals surface area contributed by atoms with E-state index in [1.165, 1.54) is 12.1 Å². The van der Waals surface area contributed by atoms with Crippen LogP contribution in [0.2, 0.25) is 10.0 Å². The number of nitrogen functional groups attached to an aromatic ring is 1. The Balaban J connectivity index is 1.47. The molecule has 2 unspecified atom stereocenters. The number of amides is 1. The van der Waals surface area contributed by atoms with Crippen LogP contribution >= 0.6 is 23.2 Å². The van der Waals surface area contributed by atoms with E-state index in [9.17, 15) is 9.18 Å². The van der Waals surface area contributed by atoms with Gasteiger partial charge in [0.25, 0.3) is 0 Å². The molecular weight excluding hydrogens is 480 g/mol. The smallest absolute Gasteiger partial charge is 0.231 e. The van der Waals surface area contributed by atoms with Crippen LogP contribution in [0.25, 0.3) is 5.57 Å². The molecule has 1 aromatic carbocycles. The normalized spacial score (nSPS) is 19.4. The molecule has 0 saturated carbocycles. The van der Waals surface area contributed by atoms with Gasteiger partial charge in [0.05, 0.1) is 11.6 Å². The monoisotopic (exact) mass is 505 g/mol.